The van der Waals surface area contributed by atoms with Gasteiger partial charge in [0.05, 0.1) is 17.7 Å². The molecule has 0 atom stereocenters. The average Bonchev–Trinajstić information content (AvgIpc) is 3.12. The summed E-state index contributed by atoms with van der Waals surface area (Å²) in [4.78, 5) is 15.8. The molecule has 1 fully saturated rings. The van der Waals surface area contributed by atoms with Crippen molar-refractivity contribution >= 4 is 11.7 Å². The zero-order valence-electron chi connectivity index (χ0n) is 16.1. The van der Waals surface area contributed by atoms with Crippen LogP contribution in [-0.2, 0) is 10.2 Å². The fourth-order valence-corrected chi connectivity index (χ4v) is 3.98. The third kappa shape index (κ3) is 3.54. The van der Waals surface area contributed by atoms with Crippen molar-refractivity contribution in [3.8, 4) is 0 Å². The van der Waals surface area contributed by atoms with Crippen LogP contribution in [0.5, 0.6) is 0 Å². The second-order valence-corrected chi connectivity index (χ2v) is 7.34. The van der Waals surface area contributed by atoms with Crippen LogP contribution in [0.2, 0.25) is 0 Å². The topological polar surface area (TPSA) is 50.2 Å². The highest BCUT2D eigenvalue weighted by molar-refractivity contribution is 5.98. The SMILES string of the molecule is CCC(CC)n1nccc1NC(=O)C1(c2ccccc2)CCN(C)CC1. The Balaban J connectivity index is 1.89. The molecule has 0 spiro atoms. The molecule has 0 aliphatic carbocycles. The van der Waals surface area contributed by atoms with Gasteiger partial charge in [-0.25, -0.2) is 4.68 Å². The van der Waals surface area contributed by atoms with Crippen molar-refractivity contribution in [2.75, 3.05) is 25.5 Å². The molecule has 2 heterocycles. The van der Waals surface area contributed by atoms with Gasteiger partial charge in [-0.3, -0.25) is 4.79 Å². The van der Waals surface area contributed by atoms with Crippen molar-refractivity contribution < 1.29 is 4.79 Å². The van der Waals surface area contributed by atoms with Gasteiger partial charge in [0, 0.05) is 6.07 Å². The summed E-state index contributed by atoms with van der Waals surface area (Å²) in [7, 11) is 2.12. The number of benzene rings is 1. The van der Waals surface area contributed by atoms with E-state index in [1.165, 1.54) is 0 Å². The van der Waals surface area contributed by atoms with E-state index in [2.05, 4.69) is 48.3 Å². The van der Waals surface area contributed by atoms with E-state index < -0.39 is 5.41 Å². The molecule has 2 aromatic rings. The molecule has 1 N–H and O–H groups in total. The van der Waals surface area contributed by atoms with Gasteiger partial charge in [-0.05, 0) is 51.4 Å². The molecule has 26 heavy (non-hydrogen) atoms. The molecule has 0 unspecified atom stereocenters. The first-order chi connectivity index (χ1) is 12.6. The van der Waals surface area contributed by atoms with Crippen molar-refractivity contribution in [1.29, 1.82) is 0 Å². The maximum absolute atomic E-state index is 13.5. The standard InChI is InChI=1S/C21H30N4O/c1-4-18(5-2)25-19(11-14-22-25)23-20(26)21(12-15-24(3)16-13-21)17-9-7-6-8-10-17/h6-11,14,18H,4-5,12-13,15-16H2,1-3H3,(H,23,26). The number of likely N-dealkylation sites (tertiary alicyclic amines) is 1. The molecule has 1 aliphatic rings. The van der Waals surface area contributed by atoms with E-state index in [0.29, 0.717) is 6.04 Å². The van der Waals surface area contributed by atoms with Crippen LogP contribution in [-0.4, -0.2) is 40.7 Å². The minimum Gasteiger partial charge on any atom is -0.310 e. The van der Waals surface area contributed by atoms with Crippen LogP contribution < -0.4 is 5.32 Å². The average molecular weight is 354 g/mol. The molecule has 0 radical (unpaired) electrons. The van der Waals surface area contributed by atoms with Crippen LogP contribution in [0.15, 0.2) is 42.6 Å². The number of nitrogens with zero attached hydrogens (tertiary/aromatic N) is 3. The zero-order chi connectivity index (χ0) is 18.6. The molecule has 5 nitrogen and oxygen atoms in total. The Labute approximate surface area is 156 Å². The third-order valence-electron chi connectivity index (χ3n) is 5.80. The Morgan fingerprint density at radius 3 is 2.42 bits per heavy atom. The highest BCUT2D eigenvalue weighted by Crippen LogP contribution is 2.36. The third-order valence-corrected chi connectivity index (χ3v) is 5.80. The summed E-state index contributed by atoms with van der Waals surface area (Å²) in [6, 6.07) is 12.4. The summed E-state index contributed by atoms with van der Waals surface area (Å²) in [5.41, 5.74) is 0.635. The Kier molecular flexibility index (Phi) is 5.77. The van der Waals surface area contributed by atoms with Gasteiger partial charge in [0.1, 0.15) is 5.82 Å². The van der Waals surface area contributed by atoms with E-state index in [4.69, 9.17) is 0 Å². The summed E-state index contributed by atoms with van der Waals surface area (Å²) in [5.74, 6) is 0.891. The van der Waals surface area contributed by atoms with Gasteiger partial charge in [0.25, 0.3) is 0 Å². The van der Waals surface area contributed by atoms with Gasteiger partial charge in [-0.15, -0.1) is 0 Å². The number of rotatable bonds is 6. The van der Waals surface area contributed by atoms with Gasteiger partial charge in [0.15, 0.2) is 0 Å². The van der Waals surface area contributed by atoms with E-state index in [9.17, 15) is 4.79 Å². The summed E-state index contributed by atoms with van der Waals surface area (Å²) in [5, 5.41) is 7.66. The van der Waals surface area contributed by atoms with Gasteiger partial charge in [-0.1, -0.05) is 44.2 Å². The molecule has 5 heteroatoms. The first kappa shape index (κ1) is 18.6. The lowest BCUT2D eigenvalue weighted by atomic mass is 9.72. The van der Waals surface area contributed by atoms with Crippen LogP contribution in [0.4, 0.5) is 5.82 Å². The van der Waals surface area contributed by atoms with Gasteiger partial charge in [-0.2, -0.15) is 5.10 Å². The molecule has 1 amide bonds. The first-order valence-corrected chi connectivity index (χ1v) is 9.69. The predicted molar refractivity (Wildman–Crippen MR) is 105 cm³/mol. The van der Waals surface area contributed by atoms with Crippen LogP contribution >= 0.6 is 0 Å². The largest absolute Gasteiger partial charge is 0.310 e. The fraction of sp³-hybridized carbons (Fsp3) is 0.524. The van der Waals surface area contributed by atoms with Crippen LogP contribution in [0.1, 0.15) is 51.1 Å². The Morgan fingerprint density at radius 2 is 1.81 bits per heavy atom. The van der Waals surface area contributed by atoms with Gasteiger partial charge >= 0.3 is 0 Å². The normalized spacial score (nSPS) is 17.4. The second kappa shape index (κ2) is 8.04. The van der Waals surface area contributed by atoms with E-state index in [0.717, 1.165) is 50.2 Å². The highest BCUT2D eigenvalue weighted by Gasteiger charge is 2.42. The van der Waals surface area contributed by atoms with Gasteiger partial charge < -0.3 is 10.2 Å². The maximum Gasteiger partial charge on any atom is 0.236 e. The molecule has 1 aliphatic heterocycles. The molecule has 140 valence electrons. The summed E-state index contributed by atoms with van der Waals surface area (Å²) >= 11 is 0. The number of hydrogen-bond acceptors (Lipinski definition) is 3. The minimum atomic E-state index is -0.475. The van der Waals surface area contributed by atoms with Gasteiger partial charge in [0.2, 0.25) is 5.91 Å². The Bertz CT molecular complexity index is 713. The number of aromatic nitrogens is 2. The van der Waals surface area contributed by atoms with Crippen molar-refractivity contribution in [2.45, 2.75) is 51.0 Å². The lowest BCUT2D eigenvalue weighted by Gasteiger charge is -2.39. The monoisotopic (exact) mass is 354 g/mol. The molecule has 3 rings (SSSR count). The smallest absolute Gasteiger partial charge is 0.236 e. The lowest BCUT2D eigenvalue weighted by molar-refractivity contribution is -0.123. The number of anilines is 1. The van der Waals surface area contributed by atoms with Crippen molar-refractivity contribution in [3.63, 3.8) is 0 Å². The summed E-state index contributed by atoms with van der Waals surface area (Å²) in [6.07, 6.45) is 5.43. The minimum absolute atomic E-state index is 0.0875. The molecule has 1 aromatic heterocycles. The van der Waals surface area contributed by atoms with E-state index in [1.807, 2.05) is 28.9 Å². The van der Waals surface area contributed by atoms with E-state index >= 15 is 0 Å². The van der Waals surface area contributed by atoms with Crippen molar-refractivity contribution in [1.82, 2.24) is 14.7 Å². The molecule has 0 bridgehead atoms. The number of carbonyl (C=O) groups is 1. The summed E-state index contributed by atoms with van der Waals surface area (Å²) in [6.45, 7) is 6.16. The van der Waals surface area contributed by atoms with Crippen molar-refractivity contribution in [2.24, 2.45) is 0 Å². The predicted octanol–water partition coefficient (Wildman–Crippen LogP) is 3.85. The van der Waals surface area contributed by atoms with Crippen LogP contribution in [0.25, 0.3) is 0 Å². The molecular formula is C21H30N4O. The summed E-state index contributed by atoms with van der Waals surface area (Å²) < 4.78 is 1.96. The molecule has 1 aromatic carbocycles. The number of carbonyl (C=O) groups excluding carboxylic acids is 1. The van der Waals surface area contributed by atoms with E-state index in [1.54, 1.807) is 6.20 Å². The Hall–Kier alpha value is -2.14. The van der Waals surface area contributed by atoms with Crippen molar-refractivity contribution in [3.05, 3.63) is 48.2 Å². The van der Waals surface area contributed by atoms with Crippen LogP contribution in [0.3, 0.4) is 0 Å². The fourth-order valence-electron chi connectivity index (χ4n) is 3.98. The maximum atomic E-state index is 13.5. The molecular weight excluding hydrogens is 324 g/mol. The lowest BCUT2D eigenvalue weighted by Crippen LogP contribution is -2.48. The number of nitrogens with one attached hydrogen (secondary N) is 1. The number of hydrogen-bond donors (Lipinski definition) is 1. The van der Waals surface area contributed by atoms with Crippen LogP contribution in [0, 0.1) is 0 Å². The molecule has 1 saturated heterocycles. The zero-order valence-corrected chi connectivity index (χ0v) is 16.1. The quantitative estimate of drug-likeness (QED) is 0.857. The second-order valence-electron chi connectivity index (χ2n) is 7.34. The molecule has 0 saturated carbocycles. The Morgan fingerprint density at radius 1 is 1.15 bits per heavy atom. The number of amides is 1. The highest BCUT2D eigenvalue weighted by atomic mass is 16.2. The number of piperidine rings is 1. The first-order valence-electron chi connectivity index (χ1n) is 9.69. The van der Waals surface area contributed by atoms with E-state index in [-0.39, 0.29) is 5.91 Å².